The molecule has 4 aliphatic heterocycles. The Morgan fingerprint density at radius 3 is 2.25 bits per heavy atom. The van der Waals surface area contributed by atoms with Crippen LogP contribution in [0, 0.1) is 5.92 Å². The number of alkyl halides is 3. The van der Waals surface area contributed by atoms with E-state index in [9.17, 15) is 32.3 Å². The van der Waals surface area contributed by atoms with Gasteiger partial charge in [-0.1, -0.05) is 29.8 Å². The van der Waals surface area contributed by atoms with E-state index in [-0.39, 0.29) is 60.1 Å². The Hall–Kier alpha value is -4.28. The van der Waals surface area contributed by atoms with Crippen LogP contribution in [0.3, 0.4) is 0 Å². The fourth-order valence-electron chi connectivity index (χ4n) is 8.32. The molecule has 4 heterocycles. The summed E-state index contributed by atoms with van der Waals surface area (Å²) in [6.45, 7) is 4.29. The zero-order chi connectivity index (χ0) is 40.9. The fourth-order valence-corrected chi connectivity index (χ4v) is 8.56. The molecule has 17 heteroatoms. The molecule has 3 fully saturated rings. The summed E-state index contributed by atoms with van der Waals surface area (Å²) in [4.78, 5) is 62.7. The highest BCUT2D eigenvalue weighted by molar-refractivity contribution is 6.33. The predicted octanol–water partition coefficient (Wildman–Crippen LogP) is 5.35. The smallest absolute Gasteiger partial charge is 0.418 e. The Morgan fingerprint density at radius 2 is 1.58 bits per heavy atom. The van der Waals surface area contributed by atoms with E-state index >= 15 is 0 Å². The molecule has 0 aliphatic carbocycles. The lowest BCUT2D eigenvalue weighted by molar-refractivity contribution is -0.151. The van der Waals surface area contributed by atoms with Gasteiger partial charge in [0, 0.05) is 63.5 Å². The number of carbonyl (C=O) groups is 4. The third-order valence-corrected chi connectivity index (χ3v) is 12.0. The maximum Gasteiger partial charge on any atom is 0.418 e. The minimum absolute atomic E-state index is 0.0533. The number of nitrogen functional groups attached to an aromatic ring is 1. The van der Waals surface area contributed by atoms with Crippen LogP contribution in [0.1, 0.15) is 55.2 Å². The van der Waals surface area contributed by atoms with Crippen LogP contribution in [0.15, 0.2) is 36.4 Å². The van der Waals surface area contributed by atoms with Crippen molar-refractivity contribution in [2.75, 3.05) is 84.1 Å². The molecule has 57 heavy (non-hydrogen) atoms. The van der Waals surface area contributed by atoms with Crippen LogP contribution in [0.5, 0.6) is 0 Å². The summed E-state index contributed by atoms with van der Waals surface area (Å²) in [6.07, 6.45) is -2.95. The van der Waals surface area contributed by atoms with Gasteiger partial charge >= 0.3 is 24.3 Å². The first-order valence-electron chi connectivity index (χ1n) is 19.8. The Balaban J connectivity index is 1.07. The molecular weight excluding hydrogens is 767 g/mol. The molecule has 3 saturated heterocycles. The molecular formula is C40H53ClF3N7O6. The van der Waals surface area contributed by atoms with Crippen LogP contribution in [0.2, 0.25) is 5.02 Å². The normalized spacial score (nSPS) is 19.8. The molecule has 2 aromatic carbocycles. The van der Waals surface area contributed by atoms with Crippen molar-refractivity contribution in [3.63, 3.8) is 0 Å². The van der Waals surface area contributed by atoms with Crippen molar-refractivity contribution < 1.29 is 41.8 Å². The van der Waals surface area contributed by atoms with Crippen molar-refractivity contribution >= 4 is 47.0 Å². The maximum atomic E-state index is 14.1. The summed E-state index contributed by atoms with van der Waals surface area (Å²) in [6, 6.07) is 9.65. The number of halogens is 4. The summed E-state index contributed by atoms with van der Waals surface area (Å²) < 4.78 is 53.0. The number of amides is 4. The second kappa shape index (κ2) is 18.5. The van der Waals surface area contributed by atoms with Gasteiger partial charge in [-0.15, -0.1) is 0 Å². The number of para-hydroxylation sites is 1. The van der Waals surface area contributed by atoms with E-state index in [0.717, 1.165) is 30.4 Å². The Morgan fingerprint density at radius 1 is 0.930 bits per heavy atom. The zero-order valence-corrected chi connectivity index (χ0v) is 33.3. The van der Waals surface area contributed by atoms with Crippen molar-refractivity contribution in [3.05, 3.63) is 58.1 Å². The van der Waals surface area contributed by atoms with Crippen LogP contribution >= 0.6 is 11.6 Å². The van der Waals surface area contributed by atoms with Gasteiger partial charge < -0.3 is 45.0 Å². The van der Waals surface area contributed by atoms with Gasteiger partial charge in [0.2, 0.25) is 0 Å². The number of esters is 1. The first-order chi connectivity index (χ1) is 27.2. The van der Waals surface area contributed by atoms with Gasteiger partial charge in [0.1, 0.15) is 6.61 Å². The van der Waals surface area contributed by atoms with Crippen LogP contribution in [0.4, 0.5) is 34.1 Å². The first kappa shape index (κ1) is 42.3. The standard InChI is InChI=1S/C40H53ClF3N7O6/c1-47(2)21-22-56-37(53)28-7-14-48(15-8-28)29-10-16-49(17-11-29)36(52)34(25-26-23-31(40(42,43)44)35(45)32(41)24-26)57-39(55)50-18-12-30(13-19-50)51-20-9-27-5-3-4-6-33(27)46-38(51)54/h3-6,23-24,28-30,34H,7-22,25,45H2,1-2H3,(H,46,54)/t34-/m1/s1. The molecule has 3 N–H and O–H groups in total. The van der Waals surface area contributed by atoms with Crippen molar-refractivity contribution in [1.29, 1.82) is 0 Å². The molecule has 312 valence electrons. The lowest BCUT2D eigenvalue weighted by Gasteiger charge is -2.42. The number of likely N-dealkylation sites (tertiary alicyclic amines) is 3. The van der Waals surface area contributed by atoms with Crippen LogP contribution < -0.4 is 11.1 Å². The van der Waals surface area contributed by atoms with Crippen LogP contribution in [0.25, 0.3) is 0 Å². The topological polar surface area (TPSA) is 141 Å². The number of nitrogens with one attached hydrogen (secondary N) is 1. The number of fused-ring (bicyclic) bond motifs is 1. The van der Waals surface area contributed by atoms with Crippen molar-refractivity contribution in [3.8, 4) is 0 Å². The largest absolute Gasteiger partial charge is 0.464 e. The number of urea groups is 1. The minimum atomic E-state index is -4.79. The SMILES string of the molecule is CN(C)CCOC(=O)C1CCN(C2CCN(C(=O)[C@@H](Cc3cc(Cl)c(N)c(C(F)(F)F)c3)OC(=O)N3CCC(N4CCc5ccccc5NC4=O)CC3)CC2)CC1. The van der Waals surface area contributed by atoms with Gasteiger partial charge in [-0.3, -0.25) is 9.59 Å². The zero-order valence-electron chi connectivity index (χ0n) is 32.6. The van der Waals surface area contributed by atoms with E-state index in [1.807, 2.05) is 43.3 Å². The van der Waals surface area contributed by atoms with Gasteiger partial charge in [0.05, 0.1) is 22.2 Å². The molecule has 1 atom stereocenters. The number of rotatable bonds is 10. The second-order valence-electron chi connectivity index (χ2n) is 15.7. The molecule has 6 rings (SSSR count). The van der Waals surface area contributed by atoms with Gasteiger partial charge in [-0.2, -0.15) is 13.2 Å². The van der Waals surface area contributed by atoms with Crippen LogP contribution in [-0.4, -0.2) is 140 Å². The molecule has 2 aromatic rings. The molecule has 0 spiro atoms. The van der Waals surface area contributed by atoms with E-state index in [2.05, 4.69) is 10.2 Å². The molecule has 13 nitrogen and oxygen atoms in total. The highest BCUT2D eigenvalue weighted by Gasteiger charge is 2.39. The molecule has 0 bridgehead atoms. The minimum Gasteiger partial charge on any atom is -0.464 e. The van der Waals surface area contributed by atoms with Gasteiger partial charge in [-0.05, 0) is 101 Å². The summed E-state index contributed by atoms with van der Waals surface area (Å²) >= 11 is 6.14. The number of nitrogens with zero attached hydrogens (tertiary/aromatic N) is 5. The highest BCUT2D eigenvalue weighted by Crippen LogP contribution is 2.38. The van der Waals surface area contributed by atoms with Crippen molar-refractivity contribution in [1.82, 2.24) is 24.5 Å². The van der Waals surface area contributed by atoms with Crippen LogP contribution in [-0.2, 0) is 38.1 Å². The number of benzene rings is 2. The Labute approximate surface area is 336 Å². The number of ether oxygens (including phenoxy) is 2. The molecule has 0 unspecified atom stereocenters. The number of piperidine rings is 3. The van der Waals surface area contributed by atoms with Crippen molar-refractivity contribution in [2.45, 2.75) is 75.7 Å². The summed E-state index contributed by atoms with van der Waals surface area (Å²) in [5, 5.41) is 2.67. The second-order valence-corrected chi connectivity index (χ2v) is 16.1. The predicted molar refractivity (Wildman–Crippen MR) is 209 cm³/mol. The summed E-state index contributed by atoms with van der Waals surface area (Å²) in [5.41, 5.74) is 5.82. The number of nitrogens with two attached hydrogens (primary N) is 1. The lowest BCUT2D eigenvalue weighted by Crippen LogP contribution is -2.53. The monoisotopic (exact) mass is 819 g/mol. The maximum absolute atomic E-state index is 14.1. The number of likely N-dealkylation sites (N-methyl/N-ethyl adjacent to an activating group) is 1. The van der Waals surface area contributed by atoms with E-state index in [1.165, 1.54) is 11.0 Å². The van der Waals surface area contributed by atoms with E-state index < -0.39 is 35.5 Å². The number of anilines is 2. The molecule has 0 saturated carbocycles. The molecule has 4 amide bonds. The summed E-state index contributed by atoms with van der Waals surface area (Å²) in [7, 11) is 3.84. The number of hydrogen-bond acceptors (Lipinski definition) is 9. The molecule has 4 aliphatic rings. The van der Waals surface area contributed by atoms with Crippen molar-refractivity contribution in [2.24, 2.45) is 5.92 Å². The van der Waals surface area contributed by atoms with E-state index in [4.69, 9.17) is 26.8 Å². The number of hydrogen-bond donors (Lipinski definition) is 2. The van der Waals surface area contributed by atoms with Gasteiger partial charge in [0.15, 0.2) is 6.10 Å². The fraction of sp³-hybridized carbons (Fsp3) is 0.600. The Kier molecular flexibility index (Phi) is 13.8. The number of carbonyl (C=O) groups excluding carboxylic acids is 4. The molecule has 0 radical (unpaired) electrons. The summed E-state index contributed by atoms with van der Waals surface area (Å²) in [5.74, 6) is -0.807. The molecule has 0 aromatic heterocycles. The first-order valence-corrected chi connectivity index (χ1v) is 20.2. The quantitative estimate of drug-likeness (QED) is 0.240. The highest BCUT2D eigenvalue weighted by atomic mass is 35.5. The van der Waals surface area contributed by atoms with Gasteiger partial charge in [-0.25, -0.2) is 9.59 Å². The van der Waals surface area contributed by atoms with Gasteiger partial charge in [0.25, 0.3) is 5.91 Å². The average Bonchev–Trinajstić information content (AvgIpc) is 3.36. The van der Waals surface area contributed by atoms with E-state index in [0.29, 0.717) is 77.7 Å². The lowest BCUT2D eigenvalue weighted by atomic mass is 9.93. The Bertz CT molecular complexity index is 1760. The average molecular weight is 820 g/mol. The van der Waals surface area contributed by atoms with E-state index in [1.54, 1.807) is 9.80 Å². The third kappa shape index (κ3) is 10.6. The third-order valence-electron chi connectivity index (χ3n) is 11.7.